The molecule has 16 heavy (non-hydrogen) atoms. The molecule has 0 bridgehead atoms. The third kappa shape index (κ3) is 2.83. The number of benzene rings is 1. The van der Waals surface area contributed by atoms with Gasteiger partial charge in [0.2, 0.25) is 0 Å². The Morgan fingerprint density at radius 2 is 1.94 bits per heavy atom. The Kier molecular flexibility index (Phi) is 3.31. The van der Waals surface area contributed by atoms with Crippen LogP contribution in [0.3, 0.4) is 0 Å². The molecule has 0 amide bonds. The maximum Gasteiger partial charge on any atom is 0.0869 e. The van der Waals surface area contributed by atoms with E-state index in [2.05, 4.69) is 0 Å². The van der Waals surface area contributed by atoms with Crippen molar-refractivity contribution in [3.8, 4) is 0 Å². The maximum atomic E-state index is 10.3. The van der Waals surface area contributed by atoms with Crippen molar-refractivity contribution in [2.45, 2.75) is 44.3 Å². The molecule has 0 heterocycles. The first kappa shape index (κ1) is 11.6. The Hall–Kier alpha value is -0.860. The molecule has 0 aromatic heterocycles. The lowest BCUT2D eigenvalue weighted by Crippen LogP contribution is -2.24. The van der Waals surface area contributed by atoms with Gasteiger partial charge >= 0.3 is 0 Å². The zero-order valence-corrected chi connectivity index (χ0v) is 9.76. The van der Waals surface area contributed by atoms with E-state index >= 15 is 0 Å². The molecule has 88 valence electrons. The molecule has 1 fully saturated rings. The van der Waals surface area contributed by atoms with Crippen LogP contribution < -0.4 is 0 Å². The minimum atomic E-state index is -0.822. The lowest BCUT2D eigenvalue weighted by atomic mass is 9.89. The van der Waals surface area contributed by atoms with Gasteiger partial charge in [0.25, 0.3) is 0 Å². The van der Waals surface area contributed by atoms with Crippen LogP contribution in [0.4, 0.5) is 0 Å². The summed E-state index contributed by atoms with van der Waals surface area (Å²) in [4.78, 5) is 0. The van der Waals surface area contributed by atoms with Gasteiger partial charge in [-0.05, 0) is 44.1 Å². The van der Waals surface area contributed by atoms with Gasteiger partial charge in [-0.15, -0.1) is 0 Å². The van der Waals surface area contributed by atoms with Crippen molar-refractivity contribution < 1.29 is 10.2 Å². The molecule has 2 atom stereocenters. The van der Waals surface area contributed by atoms with Gasteiger partial charge in [0.05, 0.1) is 11.7 Å². The lowest BCUT2D eigenvalue weighted by molar-refractivity contribution is 0.0252. The van der Waals surface area contributed by atoms with E-state index in [1.165, 1.54) is 0 Å². The van der Waals surface area contributed by atoms with Crippen molar-refractivity contribution in [2.75, 3.05) is 0 Å². The van der Waals surface area contributed by atoms with Gasteiger partial charge in [-0.3, -0.25) is 0 Å². The van der Waals surface area contributed by atoms with E-state index in [1.54, 1.807) is 0 Å². The first-order valence-electron chi connectivity index (χ1n) is 6.05. The van der Waals surface area contributed by atoms with Crippen molar-refractivity contribution in [1.29, 1.82) is 0 Å². The number of aliphatic hydroxyl groups excluding tert-OH is 1. The monoisotopic (exact) mass is 220 g/mol. The minimum absolute atomic E-state index is 0.227. The predicted octanol–water partition coefficient (Wildman–Crippen LogP) is 2.45. The quantitative estimate of drug-likeness (QED) is 0.800. The van der Waals surface area contributed by atoms with Crippen LogP contribution in [-0.2, 0) is 5.60 Å². The molecule has 1 aliphatic carbocycles. The van der Waals surface area contributed by atoms with Crippen LogP contribution in [0.25, 0.3) is 0 Å². The van der Waals surface area contributed by atoms with E-state index < -0.39 is 5.60 Å². The second kappa shape index (κ2) is 4.56. The summed E-state index contributed by atoms with van der Waals surface area (Å²) in [6.45, 7) is 1.82. The number of rotatable bonds is 5. The highest BCUT2D eigenvalue weighted by Crippen LogP contribution is 2.36. The summed E-state index contributed by atoms with van der Waals surface area (Å²) in [6.07, 6.45) is 3.38. The number of hydrogen-bond acceptors (Lipinski definition) is 2. The average molecular weight is 220 g/mol. The van der Waals surface area contributed by atoms with Crippen LogP contribution in [0.2, 0.25) is 0 Å². The van der Waals surface area contributed by atoms with Gasteiger partial charge in [0.1, 0.15) is 0 Å². The Bertz CT molecular complexity index is 328. The molecule has 2 nitrogen and oxygen atoms in total. The molecule has 2 N–H and O–H groups in total. The Morgan fingerprint density at radius 1 is 1.31 bits per heavy atom. The molecule has 1 aromatic rings. The smallest absolute Gasteiger partial charge is 0.0869 e. The highest BCUT2D eigenvalue weighted by atomic mass is 16.3. The van der Waals surface area contributed by atoms with Gasteiger partial charge in [-0.2, -0.15) is 0 Å². The van der Waals surface area contributed by atoms with Gasteiger partial charge in [0.15, 0.2) is 0 Å². The molecule has 0 aliphatic heterocycles. The van der Waals surface area contributed by atoms with Crippen molar-refractivity contribution in [3.05, 3.63) is 35.9 Å². The number of hydrogen-bond donors (Lipinski definition) is 2. The fraction of sp³-hybridized carbons (Fsp3) is 0.571. The summed E-state index contributed by atoms with van der Waals surface area (Å²) < 4.78 is 0. The third-order valence-electron chi connectivity index (χ3n) is 3.49. The van der Waals surface area contributed by atoms with Gasteiger partial charge in [-0.1, -0.05) is 30.3 Å². The summed E-state index contributed by atoms with van der Waals surface area (Å²) in [7, 11) is 0. The van der Waals surface area contributed by atoms with E-state index in [0.717, 1.165) is 18.4 Å². The summed E-state index contributed by atoms with van der Waals surface area (Å²) in [6, 6.07) is 9.67. The molecule has 0 radical (unpaired) electrons. The van der Waals surface area contributed by atoms with Crippen LogP contribution in [0.1, 0.15) is 38.2 Å². The van der Waals surface area contributed by atoms with Crippen molar-refractivity contribution in [3.63, 3.8) is 0 Å². The molecule has 1 aliphatic rings. The van der Waals surface area contributed by atoms with Gasteiger partial charge in [0, 0.05) is 0 Å². The van der Waals surface area contributed by atoms with E-state index in [-0.39, 0.29) is 6.10 Å². The van der Waals surface area contributed by atoms with E-state index in [1.807, 2.05) is 37.3 Å². The first-order valence-corrected chi connectivity index (χ1v) is 6.05. The van der Waals surface area contributed by atoms with Crippen molar-refractivity contribution >= 4 is 0 Å². The summed E-state index contributed by atoms with van der Waals surface area (Å²) in [5.74, 6) is 0.492. The molecule has 0 saturated heterocycles. The molecular formula is C14H20O2. The topological polar surface area (TPSA) is 40.5 Å². The van der Waals surface area contributed by atoms with Crippen molar-refractivity contribution in [1.82, 2.24) is 0 Å². The van der Waals surface area contributed by atoms with Crippen LogP contribution >= 0.6 is 0 Å². The molecule has 2 rings (SSSR count). The largest absolute Gasteiger partial charge is 0.393 e. The van der Waals surface area contributed by atoms with Crippen LogP contribution in [-0.4, -0.2) is 16.3 Å². The highest BCUT2D eigenvalue weighted by Gasteiger charge is 2.32. The second-order valence-electron chi connectivity index (χ2n) is 5.08. The molecule has 0 spiro atoms. The fourth-order valence-electron chi connectivity index (χ4n) is 2.09. The van der Waals surface area contributed by atoms with E-state index in [9.17, 15) is 10.2 Å². The normalized spacial score (nSPS) is 21.4. The molecule has 1 aromatic carbocycles. The Labute approximate surface area is 96.9 Å². The molecule has 2 heteroatoms. The Morgan fingerprint density at radius 3 is 2.50 bits per heavy atom. The summed E-state index contributed by atoms with van der Waals surface area (Å²) in [5, 5.41) is 20.1. The van der Waals surface area contributed by atoms with Crippen molar-refractivity contribution in [2.24, 2.45) is 5.92 Å². The predicted molar refractivity (Wildman–Crippen MR) is 64.0 cm³/mol. The minimum Gasteiger partial charge on any atom is -0.393 e. The maximum absolute atomic E-state index is 10.3. The average Bonchev–Trinajstić information content (AvgIpc) is 3.11. The third-order valence-corrected chi connectivity index (χ3v) is 3.49. The first-order chi connectivity index (χ1) is 7.59. The molecule has 2 unspecified atom stereocenters. The van der Waals surface area contributed by atoms with Gasteiger partial charge < -0.3 is 10.2 Å². The molecular weight excluding hydrogens is 200 g/mol. The number of aliphatic hydroxyl groups is 2. The summed E-state index contributed by atoms with van der Waals surface area (Å²) in [5.41, 5.74) is 0.106. The SMILES string of the molecule is CC(O)(CCC(O)C1CC1)c1ccccc1. The van der Waals surface area contributed by atoms with E-state index in [0.29, 0.717) is 18.8 Å². The fourth-order valence-corrected chi connectivity index (χ4v) is 2.09. The zero-order valence-electron chi connectivity index (χ0n) is 9.76. The summed E-state index contributed by atoms with van der Waals surface area (Å²) >= 11 is 0. The highest BCUT2D eigenvalue weighted by molar-refractivity contribution is 5.21. The van der Waals surface area contributed by atoms with Gasteiger partial charge in [-0.25, -0.2) is 0 Å². The second-order valence-corrected chi connectivity index (χ2v) is 5.08. The standard InChI is InChI=1S/C14H20O2/c1-14(16,12-5-3-2-4-6-12)10-9-13(15)11-7-8-11/h2-6,11,13,15-16H,7-10H2,1H3. The Balaban J connectivity index is 1.91. The van der Waals surface area contributed by atoms with E-state index in [4.69, 9.17) is 0 Å². The van der Waals surface area contributed by atoms with Crippen LogP contribution in [0, 0.1) is 5.92 Å². The zero-order chi connectivity index (χ0) is 11.6. The molecule has 1 saturated carbocycles. The van der Waals surface area contributed by atoms with Crippen LogP contribution in [0.5, 0.6) is 0 Å². The van der Waals surface area contributed by atoms with Crippen LogP contribution in [0.15, 0.2) is 30.3 Å². The lowest BCUT2D eigenvalue weighted by Gasteiger charge is -2.25.